The lowest BCUT2D eigenvalue weighted by atomic mass is 9.68. The lowest BCUT2D eigenvalue weighted by molar-refractivity contribution is -0.154. The first-order valence-corrected chi connectivity index (χ1v) is 6.80. The van der Waals surface area contributed by atoms with Crippen LogP contribution < -0.4 is 11.1 Å². The van der Waals surface area contributed by atoms with Gasteiger partial charge in [-0.25, -0.2) is 0 Å². The summed E-state index contributed by atoms with van der Waals surface area (Å²) in [5.74, 6) is -0.745. The van der Waals surface area contributed by atoms with Gasteiger partial charge in [0.05, 0.1) is 5.41 Å². The molecule has 2 saturated carbocycles. The fourth-order valence-corrected chi connectivity index (χ4v) is 2.85. The van der Waals surface area contributed by atoms with Gasteiger partial charge in [0.1, 0.15) is 0 Å². The minimum atomic E-state index is -0.778. The Bertz CT molecular complexity index is 331. The van der Waals surface area contributed by atoms with Crippen LogP contribution in [0.4, 0.5) is 0 Å². The molecule has 5 heteroatoms. The van der Waals surface area contributed by atoms with Gasteiger partial charge < -0.3 is 16.2 Å². The summed E-state index contributed by atoms with van der Waals surface area (Å²) < 4.78 is 0. The molecule has 4 N–H and O–H groups in total. The molecule has 0 aromatic carbocycles. The van der Waals surface area contributed by atoms with Crippen molar-refractivity contribution in [2.24, 2.45) is 17.1 Å². The Hall–Kier alpha value is -1.10. The molecule has 0 radical (unpaired) electrons. The van der Waals surface area contributed by atoms with E-state index >= 15 is 0 Å². The van der Waals surface area contributed by atoms with E-state index in [0.717, 1.165) is 32.1 Å². The summed E-state index contributed by atoms with van der Waals surface area (Å²) in [6.07, 6.45) is 5.74. The molecular weight excluding hydrogens is 232 g/mol. The molecule has 2 fully saturated rings. The summed E-state index contributed by atoms with van der Waals surface area (Å²) >= 11 is 0. The molecule has 102 valence electrons. The summed E-state index contributed by atoms with van der Waals surface area (Å²) in [5, 5.41) is 12.0. The zero-order valence-corrected chi connectivity index (χ0v) is 10.7. The van der Waals surface area contributed by atoms with E-state index in [4.69, 9.17) is 5.73 Å². The maximum atomic E-state index is 12.0. The molecule has 0 aromatic rings. The summed E-state index contributed by atoms with van der Waals surface area (Å²) in [6, 6.07) is 0.228. The second kappa shape index (κ2) is 5.26. The Labute approximate surface area is 107 Å². The van der Waals surface area contributed by atoms with E-state index < -0.39 is 11.4 Å². The summed E-state index contributed by atoms with van der Waals surface area (Å²) in [6.45, 7) is 0.281. The molecule has 0 heterocycles. The van der Waals surface area contributed by atoms with Crippen molar-refractivity contribution in [3.63, 3.8) is 0 Å². The van der Waals surface area contributed by atoms with Crippen LogP contribution in [0, 0.1) is 11.3 Å². The van der Waals surface area contributed by atoms with Gasteiger partial charge in [-0.3, -0.25) is 9.59 Å². The molecule has 0 atom stereocenters. The van der Waals surface area contributed by atoms with E-state index in [-0.39, 0.29) is 24.4 Å². The van der Waals surface area contributed by atoms with Gasteiger partial charge in [-0.1, -0.05) is 6.42 Å². The van der Waals surface area contributed by atoms with Gasteiger partial charge in [0.15, 0.2) is 0 Å². The highest BCUT2D eigenvalue weighted by atomic mass is 16.4. The SMILES string of the molecule is NC1CCC(C(=O)NCC2(C(=O)O)CCC2)CC1. The normalized spacial score (nSPS) is 30.3. The average Bonchev–Trinajstić information content (AvgIpc) is 2.27. The number of rotatable bonds is 4. The van der Waals surface area contributed by atoms with Crippen molar-refractivity contribution in [3.8, 4) is 0 Å². The van der Waals surface area contributed by atoms with Gasteiger partial charge in [-0.15, -0.1) is 0 Å². The van der Waals surface area contributed by atoms with Crippen LogP contribution in [-0.2, 0) is 9.59 Å². The molecule has 0 spiro atoms. The molecule has 1 amide bonds. The highest BCUT2D eigenvalue weighted by molar-refractivity contribution is 5.81. The van der Waals surface area contributed by atoms with E-state index in [1.165, 1.54) is 0 Å². The van der Waals surface area contributed by atoms with Crippen molar-refractivity contribution in [2.75, 3.05) is 6.54 Å². The van der Waals surface area contributed by atoms with Gasteiger partial charge in [-0.05, 0) is 38.5 Å². The third kappa shape index (κ3) is 2.66. The third-order valence-electron chi connectivity index (χ3n) is 4.51. The molecule has 0 aliphatic heterocycles. The van der Waals surface area contributed by atoms with Crippen LogP contribution in [0.15, 0.2) is 0 Å². The number of carboxylic acids is 1. The van der Waals surface area contributed by atoms with Gasteiger partial charge in [0.2, 0.25) is 5.91 Å². The Morgan fingerprint density at radius 3 is 2.28 bits per heavy atom. The lowest BCUT2D eigenvalue weighted by Gasteiger charge is -2.38. The third-order valence-corrected chi connectivity index (χ3v) is 4.51. The van der Waals surface area contributed by atoms with E-state index in [2.05, 4.69) is 5.32 Å². The Morgan fingerprint density at radius 1 is 1.22 bits per heavy atom. The zero-order chi connectivity index (χ0) is 13.2. The first-order valence-electron chi connectivity index (χ1n) is 6.80. The average molecular weight is 254 g/mol. The van der Waals surface area contributed by atoms with Crippen LogP contribution in [-0.4, -0.2) is 29.6 Å². The molecule has 2 aliphatic carbocycles. The van der Waals surface area contributed by atoms with Crippen LogP contribution in [0.3, 0.4) is 0 Å². The van der Waals surface area contributed by atoms with Crippen molar-refractivity contribution in [1.82, 2.24) is 5.32 Å². The standard InChI is InChI=1S/C13H22N2O3/c14-10-4-2-9(3-5-10)11(16)15-8-13(12(17)18)6-1-7-13/h9-10H,1-8,14H2,(H,15,16)(H,17,18). The Kier molecular flexibility index (Phi) is 3.90. The predicted molar refractivity (Wildman–Crippen MR) is 66.9 cm³/mol. The minimum absolute atomic E-state index is 0.00873. The Morgan fingerprint density at radius 2 is 1.83 bits per heavy atom. The van der Waals surface area contributed by atoms with Gasteiger partial charge in [-0.2, -0.15) is 0 Å². The summed E-state index contributed by atoms with van der Waals surface area (Å²) in [5.41, 5.74) is 5.11. The van der Waals surface area contributed by atoms with Crippen LogP contribution in [0.2, 0.25) is 0 Å². The number of carboxylic acid groups (broad SMARTS) is 1. The largest absolute Gasteiger partial charge is 0.481 e. The number of hydrogen-bond donors (Lipinski definition) is 3. The van der Waals surface area contributed by atoms with E-state index in [1.807, 2.05) is 0 Å². The number of carbonyl (C=O) groups excluding carboxylic acids is 1. The fraction of sp³-hybridized carbons (Fsp3) is 0.846. The molecule has 18 heavy (non-hydrogen) atoms. The molecule has 0 bridgehead atoms. The number of aliphatic carboxylic acids is 1. The number of carbonyl (C=O) groups is 2. The number of nitrogens with two attached hydrogens (primary N) is 1. The molecule has 0 aromatic heterocycles. The van der Waals surface area contributed by atoms with Crippen molar-refractivity contribution in [1.29, 1.82) is 0 Å². The first-order chi connectivity index (χ1) is 8.53. The van der Waals surface area contributed by atoms with Gasteiger partial charge >= 0.3 is 5.97 Å². The number of amides is 1. The predicted octanol–water partition coefficient (Wildman–Crippen LogP) is 0.875. The highest BCUT2D eigenvalue weighted by Crippen LogP contribution is 2.40. The van der Waals surface area contributed by atoms with Crippen molar-refractivity contribution in [3.05, 3.63) is 0 Å². The molecule has 0 saturated heterocycles. The van der Waals surface area contributed by atoms with Crippen LogP contribution in [0.25, 0.3) is 0 Å². The van der Waals surface area contributed by atoms with E-state index in [9.17, 15) is 14.7 Å². The number of hydrogen-bond acceptors (Lipinski definition) is 3. The van der Waals surface area contributed by atoms with Crippen molar-refractivity contribution >= 4 is 11.9 Å². The molecule has 2 rings (SSSR count). The smallest absolute Gasteiger partial charge is 0.311 e. The lowest BCUT2D eigenvalue weighted by Crippen LogP contribution is -2.49. The monoisotopic (exact) mass is 254 g/mol. The zero-order valence-electron chi connectivity index (χ0n) is 10.7. The fourth-order valence-electron chi connectivity index (χ4n) is 2.85. The van der Waals surface area contributed by atoms with Crippen molar-refractivity contribution in [2.45, 2.75) is 51.0 Å². The maximum Gasteiger partial charge on any atom is 0.311 e. The highest BCUT2D eigenvalue weighted by Gasteiger charge is 2.44. The first kappa shape index (κ1) is 13.3. The second-order valence-electron chi connectivity index (χ2n) is 5.77. The van der Waals surface area contributed by atoms with E-state index in [0.29, 0.717) is 12.8 Å². The minimum Gasteiger partial charge on any atom is -0.481 e. The van der Waals surface area contributed by atoms with Gasteiger partial charge in [0.25, 0.3) is 0 Å². The van der Waals surface area contributed by atoms with E-state index in [1.54, 1.807) is 0 Å². The van der Waals surface area contributed by atoms with Crippen LogP contribution in [0.5, 0.6) is 0 Å². The summed E-state index contributed by atoms with van der Waals surface area (Å²) in [4.78, 5) is 23.1. The quantitative estimate of drug-likeness (QED) is 0.694. The molecule has 5 nitrogen and oxygen atoms in total. The second-order valence-corrected chi connectivity index (χ2v) is 5.77. The van der Waals surface area contributed by atoms with Crippen LogP contribution >= 0.6 is 0 Å². The molecule has 2 aliphatic rings. The van der Waals surface area contributed by atoms with Crippen LogP contribution in [0.1, 0.15) is 44.9 Å². The maximum absolute atomic E-state index is 12.0. The summed E-state index contributed by atoms with van der Waals surface area (Å²) in [7, 11) is 0. The number of nitrogens with one attached hydrogen (secondary N) is 1. The Balaban J connectivity index is 1.79. The molecular formula is C13H22N2O3. The van der Waals surface area contributed by atoms with Gasteiger partial charge in [0, 0.05) is 18.5 Å². The molecule has 0 unspecified atom stereocenters. The van der Waals surface area contributed by atoms with Crippen molar-refractivity contribution < 1.29 is 14.7 Å². The topological polar surface area (TPSA) is 92.4 Å².